The minimum Gasteiger partial charge on any atom is -0.369 e. The SMILES string of the molecule is Cc1ncc(-c2ncc(-c3ccc(N4CCS(=O)(=O)CC4)cc3)s2)cn1. The van der Waals surface area contributed by atoms with Crippen molar-refractivity contribution in [1.82, 2.24) is 15.0 Å². The fourth-order valence-corrected chi connectivity index (χ4v) is 4.95. The molecule has 1 aliphatic heterocycles. The van der Waals surface area contributed by atoms with Gasteiger partial charge in [0.05, 0.1) is 16.4 Å². The Morgan fingerprint density at radius 1 is 0.923 bits per heavy atom. The zero-order valence-corrected chi connectivity index (χ0v) is 15.9. The summed E-state index contributed by atoms with van der Waals surface area (Å²) in [6, 6.07) is 8.20. The predicted molar refractivity (Wildman–Crippen MR) is 104 cm³/mol. The summed E-state index contributed by atoms with van der Waals surface area (Å²) in [6.45, 7) is 2.97. The Kier molecular flexibility index (Phi) is 4.46. The third-order valence-corrected chi connectivity index (χ3v) is 7.10. The lowest BCUT2D eigenvalue weighted by molar-refractivity contribution is 0.587. The molecule has 0 saturated carbocycles. The Morgan fingerprint density at radius 2 is 1.58 bits per heavy atom. The van der Waals surface area contributed by atoms with E-state index in [4.69, 9.17) is 0 Å². The van der Waals surface area contributed by atoms with E-state index < -0.39 is 9.84 Å². The van der Waals surface area contributed by atoms with Crippen molar-refractivity contribution in [3.63, 3.8) is 0 Å². The van der Waals surface area contributed by atoms with Crippen LogP contribution in [0.25, 0.3) is 21.0 Å². The molecule has 1 saturated heterocycles. The van der Waals surface area contributed by atoms with Gasteiger partial charge in [0.1, 0.15) is 10.8 Å². The van der Waals surface area contributed by atoms with Gasteiger partial charge in [0.25, 0.3) is 0 Å². The van der Waals surface area contributed by atoms with Gasteiger partial charge >= 0.3 is 0 Å². The van der Waals surface area contributed by atoms with Crippen molar-refractivity contribution in [2.45, 2.75) is 6.92 Å². The lowest BCUT2D eigenvalue weighted by Crippen LogP contribution is -2.40. The number of hydrogen-bond donors (Lipinski definition) is 0. The average molecular weight is 387 g/mol. The molecule has 1 fully saturated rings. The van der Waals surface area contributed by atoms with Crippen LogP contribution in [-0.4, -0.2) is 48.0 Å². The van der Waals surface area contributed by atoms with Crippen LogP contribution in [0.2, 0.25) is 0 Å². The number of rotatable bonds is 3. The van der Waals surface area contributed by atoms with E-state index in [0.717, 1.165) is 32.5 Å². The minimum atomic E-state index is -2.86. The quantitative estimate of drug-likeness (QED) is 0.689. The second-order valence-corrected chi connectivity index (χ2v) is 9.57. The van der Waals surface area contributed by atoms with Crippen LogP contribution < -0.4 is 4.90 Å². The molecule has 0 spiro atoms. The van der Waals surface area contributed by atoms with E-state index in [1.165, 1.54) is 0 Å². The number of anilines is 1. The molecule has 1 aromatic carbocycles. The molecule has 8 heteroatoms. The third-order valence-electron chi connectivity index (χ3n) is 4.39. The summed E-state index contributed by atoms with van der Waals surface area (Å²) in [5, 5.41) is 0.894. The number of hydrogen-bond acceptors (Lipinski definition) is 7. The van der Waals surface area contributed by atoms with E-state index in [2.05, 4.69) is 32.0 Å². The van der Waals surface area contributed by atoms with Crippen LogP contribution >= 0.6 is 11.3 Å². The maximum atomic E-state index is 11.6. The molecular formula is C18H18N4O2S2. The summed E-state index contributed by atoms with van der Waals surface area (Å²) in [5.74, 6) is 1.20. The summed E-state index contributed by atoms with van der Waals surface area (Å²) in [4.78, 5) is 16.1. The first-order chi connectivity index (χ1) is 12.5. The summed E-state index contributed by atoms with van der Waals surface area (Å²) >= 11 is 1.60. The summed E-state index contributed by atoms with van der Waals surface area (Å²) < 4.78 is 23.1. The van der Waals surface area contributed by atoms with Gasteiger partial charge in [0.2, 0.25) is 0 Å². The van der Waals surface area contributed by atoms with Crippen molar-refractivity contribution in [1.29, 1.82) is 0 Å². The van der Waals surface area contributed by atoms with Crippen LogP contribution in [-0.2, 0) is 9.84 Å². The molecular weight excluding hydrogens is 368 g/mol. The van der Waals surface area contributed by atoms with Crippen molar-refractivity contribution in [3.05, 3.63) is 48.7 Å². The average Bonchev–Trinajstić information content (AvgIpc) is 3.13. The molecule has 0 amide bonds. The molecule has 6 nitrogen and oxygen atoms in total. The monoisotopic (exact) mass is 386 g/mol. The maximum Gasteiger partial charge on any atom is 0.153 e. The molecule has 3 aromatic rings. The Morgan fingerprint density at radius 3 is 2.23 bits per heavy atom. The molecule has 2 aromatic heterocycles. The Bertz CT molecular complexity index is 998. The van der Waals surface area contributed by atoms with E-state index in [1.54, 1.807) is 23.7 Å². The van der Waals surface area contributed by atoms with Crippen LogP contribution in [0.5, 0.6) is 0 Å². The highest BCUT2D eigenvalue weighted by atomic mass is 32.2. The van der Waals surface area contributed by atoms with Crippen LogP contribution in [0.4, 0.5) is 5.69 Å². The smallest absolute Gasteiger partial charge is 0.153 e. The summed E-state index contributed by atoms with van der Waals surface area (Å²) in [7, 11) is -2.86. The largest absolute Gasteiger partial charge is 0.369 e. The normalized spacial score (nSPS) is 16.6. The van der Waals surface area contributed by atoms with Gasteiger partial charge in [-0.2, -0.15) is 0 Å². The summed E-state index contributed by atoms with van der Waals surface area (Å²) in [5.41, 5.74) is 3.06. The highest BCUT2D eigenvalue weighted by molar-refractivity contribution is 7.91. The highest BCUT2D eigenvalue weighted by Gasteiger charge is 2.21. The number of aryl methyl sites for hydroxylation is 1. The number of aromatic nitrogens is 3. The van der Waals surface area contributed by atoms with Crippen LogP contribution in [0.1, 0.15) is 5.82 Å². The van der Waals surface area contributed by atoms with Gasteiger partial charge in [-0.3, -0.25) is 0 Å². The Hall–Kier alpha value is -2.32. The summed E-state index contributed by atoms with van der Waals surface area (Å²) in [6.07, 6.45) is 5.44. The minimum absolute atomic E-state index is 0.228. The molecule has 0 unspecified atom stereocenters. The molecule has 0 atom stereocenters. The first-order valence-corrected chi connectivity index (χ1v) is 10.9. The Balaban J connectivity index is 1.51. The van der Waals surface area contributed by atoms with Crippen molar-refractivity contribution < 1.29 is 8.42 Å². The van der Waals surface area contributed by atoms with Crippen LogP contribution in [0, 0.1) is 6.92 Å². The second-order valence-electron chi connectivity index (χ2n) is 6.23. The Labute approximate surface area is 156 Å². The van der Waals surface area contributed by atoms with Gasteiger partial charge in [0, 0.05) is 42.9 Å². The second kappa shape index (κ2) is 6.77. The van der Waals surface area contributed by atoms with E-state index >= 15 is 0 Å². The third kappa shape index (κ3) is 3.61. The number of thiazole rings is 1. The fourth-order valence-electron chi connectivity index (χ4n) is 2.85. The van der Waals surface area contributed by atoms with Crippen molar-refractivity contribution in [3.8, 4) is 21.0 Å². The number of sulfone groups is 1. The van der Waals surface area contributed by atoms with Gasteiger partial charge < -0.3 is 4.90 Å². The maximum absolute atomic E-state index is 11.6. The molecule has 4 rings (SSSR count). The lowest BCUT2D eigenvalue weighted by Gasteiger charge is -2.28. The molecule has 0 N–H and O–H groups in total. The topological polar surface area (TPSA) is 76.1 Å². The van der Waals surface area contributed by atoms with Gasteiger partial charge in [-0.15, -0.1) is 11.3 Å². The van der Waals surface area contributed by atoms with Crippen molar-refractivity contribution in [2.24, 2.45) is 0 Å². The molecule has 1 aliphatic rings. The van der Waals surface area contributed by atoms with E-state index in [0.29, 0.717) is 13.1 Å². The lowest BCUT2D eigenvalue weighted by atomic mass is 10.2. The van der Waals surface area contributed by atoms with E-state index in [9.17, 15) is 8.42 Å². The van der Waals surface area contributed by atoms with Gasteiger partial charge in [-0.25, -0.2) is 23.4 Å². The standard InChI is InChI=1S/C18H18N4O2S2/c1-13-19-10-15(11-20-13)18-21-12-17(25-18)14-2-4-16(5-3-14)22-6-8-26(23,24)9-7-22/h2-5,10-12H,6-9H2,1H3. The van der Waals surface area contributed by atoms with Crippen molar-refractivity contribution in [2.75, 3.05) is 29.5 Å². The van der Waals surface area contributed by atoms with Crippen LogP contribution in [0.15, 0.2) is 42.9 Å². The molecule has 0 bridgehead atoms. The molecule has 0 radical (unpaired) electrons. The zero-order valence-electron chi connectivity index (χ0n) is 14.3. The van der Waals surface area contributed by atoms with Gasteiger partial charge in [0.15, 0.2) is 9.84 Å². The number of benzene rings is 1. The molecule has 3 heterocycles. The number of nitrogens with zero attached hydrogens (tertiary/aromatic N) is 4. The van der Waals surface area contributed by atoms with Gasteiger partial charge in [-0.05, 0) is 24.6 Å². The van der Waals surface area contributed by atoms with Gasteiger partial charge in [-0.1, -0.05) is 12.1 Å². The van der Waals surface area contributed by atoms with Crippen LogP contribution in [0.3, 0.4) is 0 Å². The molecule has 134 valence electrons. The predicted octanol–water partition coefficient (Wildman–Crippen LogP) is 2.81. The molecule has 26 heavy (non-hydrogen) atoms. The fraction of sp³-hybridized carbons (Fsp3) is 0.278. The molecule has 0 aliphatic carbocycles. The van der Waals surface area contributed by atoms with E-state index in [-0.39, 0.29) is 11.5 Å². The first-order valence-electron chi connectivity index (χ1n) is 8.31. The van der Waals surface area contributed by atoms with Crippen molar-refractivity contribution >= 4 is 26.9 Å². The first kappa shape index (κ1) is 17.1. The zero-order chi connectivity index (χ0) is 18.1. The highest BCUT2D eigenvalue weighted by Crippen LogP contribution is 2.32. The van der Waals surface area contributed by atoms with E-state index in [1.807, 2.05) is 25.3 Å².